The van der Waals surface area contributed by atoms with Gasteiger partial charge in [-0.05, 0) is 13.8 Å². The van der Waals surface area contributed by atoms with Crippen LogP contribution >= 0.6 is 0 Å². The molecule has 0 aliphatic heterocycles. The quantitative estimate of drug-likeness (QED) is 0.776. The molecule has 0 saturated heterocycles. The summed E-state index contributed by atoms with van der Waals surface area (Å²) in [6.45, 7) is 4.64. The van der Waals surface area contributed by atoms with E-state index >= 15 is 0 Å². The van der Waals surface area contributed by atoms with E-state index in [-0.39, 0.29) is 0 Å². The Bertz CT molecular complexity index is 768. The highest BCUT2D eigenvalue weighted by Crippen LogP contribution is 2.19. The van der Waals surface area contributed by atoms with Crippen molar-refractivity contribution in [3.05, 3.63) is 29.7 Å². The van der Waals surface area contributed by atoms with E-state index in [9.17, 15) is 0 Å². The summed E-state index contributed by atoms with van der Waals surface area (Å²) in [5.74, 6) is 1.54. The molecule has 1 N–H and O–H groups in total. The second kappa shape index (κ2) is 4.59. The molecular weight excluding hydrogens is 254 g/mol. The van der Waals surface area contributed by atoms with Gasteiger partial charge in [-0.15, -0.1) is 0 Å². The first-order valence-corrected chi connectivity index (χ1v) is 6.45. The first kappa shape index (κ1) is 12.6. The minimum absolute atomic E-state index is 0.600. The first-order chi connectivity index (χ1) is 9.60. The SMILES string of the molecule is CNc1nc(Cn2cnc(C)c2C)nc2c1cnn2C. The Morgan fingerprint density at radius 1 is 1.25 bits per heavy atom. The van der Waals surface area contributed by atoms with E-state index in [0.29, 0.717) is 6.54 Å². The average molecular weight is 271 g/mol. The number of fused-ring (bicyclic) bond motifs is 1. The van der Waals surface area contributed by atoms with Crippen molar-refractivity contribution in [2.75, 3.05) is 12.4 Å². The smallest absolute Gasteiger partial charge is 0.163 e. The van der Waals surface area contributed by atoms with Gasteiger partial charge in [-0.1, -0.05) is 0 Å². The summed E-state index contributed by atoms with van der Waals surface area (Å²) in [7, 11) is 3.73. The van der Waals surface area contributed by atoms with E-state index in [1.165, 1.54) is 0 Å². The highest BCUT2D eigenvalue weighted by atomic mass is 15.3. The summed E-state index contributed by atoms with van der Waals surface area (Å²) in [5, 5.41) is 8.26. The highest BCUT2D eigenvalue weighted by Gasteiger charge is 2.12. The maximum Gasteiger partial charge on any atom is 0.163 e. The number of hydrogen-bond acceptors (Lipinski definition) is 5. The predicted molar refractivity (Wildman–Crippen MR) is 76.7 cm³/mol. The fraction of sp³-hybridized carbons (Fsp3) is 0.385. The Morgan fingerprint density at radius 2 is 2.05 bits per heavy atom. The minimum Gasteiger partial charge on any atom is -0.372 e. The van der Waals surface area contributed by atoms with Crippen LogP contribution in [0.4, 0.5) is 5.82 Å². The van der Waals surface area contributed by atoms with Gasteiger partial charge in [0.05, 0.1) is 30.1 Å². The van der Waals surface area contributed by atoms with Gasteiger partial charge in [-0.3, -0.25) is 4.68 Å². The first-order valence-electron chi connectivity index (χ1n) is 6.45. The molecule has 3 aromatic rings. The standard InChI is InChI=1S/C13H17N7/c1-8-9(2)20(7-15-8)6-11-17-12(14-3)10-5-16-19(4)13(10)18-11/h5,7H,6H2,1-4H3,(H,14,17,18). The van der Waals surface area contributed by atoms with Crippen molar-refractivity contribution in [2.24, 2.45) is 7.05 Å². The Morgan fingerprint density at radius 3 is 2.70 bits per heavy atom. The molecule has 3 heterocycles. The number of hydrogen-bond donors (Lipinski definition) is 1. The molecule has 3 rings (SSSR count). The summed E-state index contributed by atoms with van der Waals surface area (Å²) in [5.41, 5.74) is 2.99. The Balaban J connectivity index is 2.07. The third kappa shape index (κ3) is 1.91. The molecule has 7 nitrogen and oxygen atoms in total. The van der Waals surface area contributed by atoms with Crippen LogP contribution in [-0.4, -0.2) is 36.3 Å². The number of imidazole rings is 1. The molecule has 0 radical (unpaired) electrons. The molecule has 0 aromatic carbocycles. The maximum atomic E-state index is 4.59. The van der Waals surface area contributed by atoms with E-state index < -0.39 is 0 Å². The Labute approximate surface area is 116 Å². The van der Waals surface area contributed by atoms with Gasteiger partial charge in [0.15, 0.2) is 11.5 Å². The third-order valence-electron chi connectivity index (χ3n) is 3.53. The van der Waals surface area contributed by atoms with Crippen molar-refractivity contribution in [2.45, 2.75) is 20.4 Å². The lowest BCUT2D eigenvalue weighted by molar-refractivity contribution is 0.718. The van der Waals surface area contributed by atoms with Crippen LogP contribution < -0.4 is 5.32 Å². The average Bonchev–Trinajstić information content (AvgIpc) is 2.96. The van der Waals surface area contributed by atoms with Gasteiger partial charge < -0.3 is 9.88 Å². The van der Waals surface area contributed by atoms with Crippen LogP contribution in [0.15, 0.2) is 12.5 Å². The van der Waals surface area contributed by atoms with Gasteiger partial charge in [0.2, 0.25) is 0 Å². The fourth-order valence-corrected chi connectivity index (χ4v) is 2.18. The molecule has 0 bridgehead atoms. The van der Waals surface area contributed by atoms with Crippen LogP contribution in [0.2, 0.25) is 0 Å². The normalized spacial score (nSPS) is 11.2. The minimum atomic E-state index is 0.600. The molecule has 104 valence electrons. The van der Waals surface area contributed by atoms with Crippen molar-refractivity contribution in [3.8, 4) is 0 Å². The van der Waals surface area contributed by atoms with Crippen molar-refractivity contribution in [1.29, 1.82) is 0 Å². The molecule has 0 aliphatic rings. The lowest BCUT2D eigenvalue weighted by Gasteiger charge is -2.08. The zero-order valence-corrected chi connectivity index (χ0v) is 12.0. The van der Waals surface area contributed by atoms with Gasteiger partial charge >= 0.3 is 0 Å². The van der Waals surface area contributed by atoms with Gasteiger partial charge in [0, 0.05) is 19.8 Å². The van der Waals surface area contributed by atoms with Crippen LogP contribution in [-0.2, 0) is 13.6 Å². The number of aromatic nitrogens is 6. The van der Waals surface area contributed by atoms with Crippen LogP contribution in [0.1, 0.15) is 17.2 Å². The zero-order valence-electron chi connectivity index (χ0n) is 12.0. The van der Waals surface area contributed by atoms with E-state index in [0.717, 1.165) is 34.1 Å². The number of aryl methyl sites for hydroxylation is 2. The Hall–Kier alpha value is -2.44. The summed E-state index contributed by atoms with van der Waals surface area (Å²) in [6.07, 6.45) is 3.60. The van der Waals surface area contributed by atoms with E-state index in [1.807, 2.05) is 38.8 Å². The van der Waals surface area contributed by atoms with Crippen LogP contribution in [0.5, 0.6) is 0 Å². The number of rotatable bonds is 3. The molecular formula is C13H17N7. The lowest BCUT2D eigenvalue weighted by atomic mass is 10.3. The van der Waals surface area contributed by atoms with E-state index in [4.69, 9.17) is 0 Å². The van der Waals surface area contributed by atoms with Crippen molar-refractivity contribution in [1.82, 2.24) is 29.3 Å². The van der Waals surface area contributed by atoms with Gasteiger partial charge in [-0.2, -0.15) is 5.10 Å². The monoisotopic (exact) mass is 271 g/mol. The van der Waals surface area contributed by atoms with Gasteiger partial charge in [0.25, 0.3) is 0 Å². The van der Waals surface area contributed by atoms with Crippen molar-refractivity contribution >= 4 is 16.9 Å². The lowest BCUT2D eigenvalue weighted by Crippen LogP contribution is -2.08. The van der Waals surface area contributed by atoms with Crippen LogP contribution in [0, 0.1) is 13.8 Å². The fourth-order valence-electron chi connectivity index (χ4n) is 2.18. The van der Waals surface area contributed by atoms with Crippen LogP contribution in [0.3, 0.4) is 0 Å². The van der Waals surface area contributed by atoms with Gasteiger partial charge in [0.1, 0.15) is 5.82 Å². The highest BCUT2D eigenvalue weighted by molar-refractivity contribution is 5.86. The van der Waals surface area contributed by atoms with Gasteiger partial charge in [-0.25, -0.2) is 15.0 Å². The number of anilines is 1. The topological polar surface area (TPSA) is 73.5 Å². The summed E-state index contributed by atoms with van der Waals surface area (Å²) in [4.78, 5) is 13.4. The third-order valence-corrected chi connectivity index (χ3v) is 3.53. The molecule has 0 saturated carbocycles. The van der Waals surface area contributed by atoms with Crippen molar-refractivity contribution in [3.63, 3.8) is 0 Å². The Kier molecular flexibility index (Phi) is 2.89. The van der Waals surface area contributed by atoms with Crippen molar-refractivity contribution < 1.29 is 0 Å². The molecule has 0 atom stereocenters. The summed E-state index contributed by atoms with van der Waals surface area (Å²) < 4.78 is 3.81. The molecule has 0 amide bonds. The molecule has 3 aromatic heterocycles. The second-order valence-electron chi connectivity index (χ2n) is 4.79. The summed E-state index contributed by atoms with van der Waals surface area (Å²) in [6, 6.07) is 0. The predicted octanol–water partition coefficient (Wildman–Crippen LogP) is 1.27. The van der Waals surface area contributed by atoms with E-state index in [2.05, 4.69) is 25.4 Å². The molecule has 0 unspecified atom stereocenters. The largest absolute Gasteiger partial charge is 0.372 e. The number of nitrogens with zero attached hydrogens (tertiary/aromatic N) is 6. The number of nitrogens with one attached hydrogen (secondary N) is 1. The van der Waals surface area contributed by atoms with Crippen LogP contribution in [0.25, 0.3) is 11.0 Å². The molecule has 20 heavy (non-hydrogen) atoms. The second-order valence-corrected chi connectivity index (χ2v) is 4.79. The molecule has 0 aliphatic carbocycles. The summed E-state index contributed by atoms with van der Waals surface area (Å²) >= 11 is 0. The van der Waals surface area contributed by atoms with E-state index in [1.54, 1.807) is 10.9 Å². The molecule has 0 fully saturated rings. The zero-order chi connectivity index (χ0) is 14.3. The molecule has 7 heteroatoms. The maximum absolute atomic E-state index is 4.59. The molecule has 0 spiro atoms.